The van der Waals surface area contributed by atoms with Crippen LogP contribution in [0.2, 0.25) is 0 Å². The summed E-state index contributed by atoms with van der Waals surface area (Å²) in [5.41, 5.74) is 0. The predicted octanol–water partition coefficient (Wildman–Crippen LogP) is -1.21. The summed E-state index contributed by atoms with van der Waals surface area (Å²) in [6.45, 7) is 2.37. The molecule has 54 valence electrons. The van der Waals surface area contributed by atoms with Crippen molar-refractivity contribution in [3.8, 4) is 0 Å². The summed E-state index contributed by atoms with van der Waals surface area (Å²) in [5.74, 6) is -2.34. The molecule has 0 amide bonds. The summed E-state index contributed by atoms with van der Waals surface area (Å²) in [6.07, 6.45) is -1.07. The van der Waals surface area contributed by atoms with Gasteiger partial charge in [-0.25, -0.2) is 0 Å². The Morgan fingerprint density at radius 1 is 1.44 bits per heavy atom. The summed E-state index contributed by atoms with van der Waals surface area (Å²) in [6, 6.07) is 0. The maximum atomic E-state index is 8.64. The molecule has 0 spiro atoms. The van der Waals surface area contributed by atoms with Gasteiger partial charge in [-0.15, -0.1) is 0 Å². The molecule has 0 aliphatic carbocycles. The molecule has 0 heterocycles. The molecule has 4 N–H and O–H groups in total. The molecule has 0 bridgehead atoms. The molecule has 0 aliphatic heterocycles. The number of aliphatic hydroxyl groups is 4. The van der Waals surface area contributed by atoms with E-state index in [0.29, 0.717) is 0 Å². The predicted molar refractivity (Wildman–Crippen MR) is 29.4 cm³/mol. The molecule has 0 saturated heterocycles. The lowest BCUT2D eigenvalue weighted by atomic mass is 10.1. The Kier molecular flexibility index (Phi) is 3.07. The molecule has 4 heteroatoms. The lowest BCUT2D eigenvalue weighted by Crippen LogP contribution is -2.37. The lowest BCUT2D eigenvalue weighted by Gasteiger charge is -2.22. The topological polar surface area (TPSA) is 80.9 Å². The fourth-order valence-electron chi connectivity index (χ4n) is 0.271. The van der Waals surface area contributed by atoms with Crippen LogP contribution in [-0.2, 0) is 0 Å². The Morgan fingerprint density at radius 2 is 1.89 bits per heavy atom. The summed E-state index contributed by atoms with van der Waals surface area (Å²) < 4.78 is 0. The Balaban J connectivity index is 3.80. The summed E-state index contributed by atoms with van der Waals surface area (Å²) in [7, 11) is 0. The Labute approximate surface area is 53.4 Å². The summed E-state index contributed by atoms with van der Waals surface area (Å²) in [5, 5.41) is 34.0. The van der Waals surface area contributed by atoms with Crippen LogP contribution in [0, 0.1) is 13.0 Å². The second kappa shape index (κ2) is 3.12. The summed E-state index contributed by atoms with van der Waals surface area (Å²) >= 11 is 0. The number of aliphatic hydroxyl groups excluding tert-OH is 2. The minimum atomic E-state index is -2.34. The van der Waals surface area contributed by atoms with E-state index < -0.39 is 18.5 Å². The molecule has 0 saturated carbocycles. The second-order valence-electron chi connectivity index (χ2n) is 1.67. The molecule has 0 aromatic rings. The fraction of sp³-hybridized carbons (Fsp3) is 0.600. The first-order valence-electron chi connectivity index (χ1n) is 2.44. The first-order valence-corrected chi connectivity index (χ1v) is 2.44. The fourth-order valence-corrected chi connectivity index (χ4v) is 0.271. The monoisotopic (exact) mass is 134 g/mol. The van der Waals surface area contributed by atoms with E-state index in [1.807, 2.05) is 0 Å². The van der Waals surface area contributed by atoms with Gasteiger partial charge in [0.1, 0.15) is 0 Å². The first kappa shape index (κ1) is 8.84. The third kappa shape index (κ3) is 2.28. The molecule has 9 heavy (non-hydrogen) atoms. The normalized spacial score (nSPS) is 12.7. The zero-order valence-electron chi connectivity index (χ0n) is 4.91. The van der Waals surface area contributed by atoms with Crippen LogP contribution in [0.15, 0.2) is 0 Å². The van der Waals surface area contributed by atoms with Gasteiger partial charge in [0, 0.05) is 6.42 Å². The highest BCUT2D eigenvalue weighted by atomic mass is 16.5. The van der Waals surface area contributed by atoms with Crippen molar-refractivity contribution in [2.45, 2.75) is 12.2 Å². The Bertz CT molecular complexity index is 81.0. The third-order valence-electron chi connectivity index (χ3n) is 0.961. The van der Waals surface area contributed by atoms with Gasteiger partial charge in [-0.05, 0) is 6.92 Å². The van der Waals surface area contributed by atoms with Crippen molar-refractivity contribution >= 4 is 0 Å². The van der Waals surface area contributed by atoms with Crippen LogP contribution in [-0.4, -0.2) is 32.8 Å². The van der Waals surface area contributed by atoms with E-state index in [2.05, 4.69) is 6.92 Å². The van der Waals surface area contributed by atoms with Gasteiger partial charge >= 0.3 is 0 Å². The Hall–Kier alpha value is -0.160. The molecule has 0 aliphatic rings. The molecule has 0 unspecified atom stereocenters. The first-order chi connectivity index (χ1) is 4.04. The minimum Gasteiger partial charge on any atom is -0.393 e. The van der Waals surface area contributed by atoms with Crippen molar-refractivity contribution in [3.05, 3.63) is 13.0 Å². The number of hydrogen-bond acceptors (Lipinski definition) is 4. The molecular weight excluding hydrogens is 124 g/mol. The number of rotatable bonds is 3. The van der Waals surface area contributed by atoms with Gasteiger partial charge in [0.15, 0.2) is 11.9 Å². The van der Waals surface area contributed by atoms with Crippen LogP contribution in [0.3, 0.4) is 0 Å². The molecule has 4 nitrogen and oxygen atoms in total. The maximum Gasteiger partial charge on any atom is 0.197 e. The quantitative estimate of drug-likeness (QED) is 0.365. The van der Waals surface area contributed by atoms with Crippen molar-refractivity contribution in [3.63, 3.8) is 0 Å². The molecule has 0 atom stereocenters. The smallest absolute Gasteiger partial charge is 0.197 e. The highest BCUT2D eigenvalue weighted by Crippen LogP contribution is 2.15. The van der Waals surface area contributed by atoms with Crippen molar-refractivity contribution in [2.24, 2.45) is 0 Å². The minimum absolute atomic E-state index is 0.292. The van der Waals surface area contributed by atoms with Crippen LogP contribution in [0.25, 0.3) is 0 Å². The van der Waals surface area contributed by atoms with Crippen LogP contribution >= 0.6 is 0 Å². The van der Waals surface area contributed by atoms with E-state index in [1.165, 1.54) is 0 Å². The van der Waals surface area contributed by atoms with Crippen LogP contribution in [0.1, 0.15) is 6.42 Å². The Morgan fingerprint density at radius 3 is 2.00 bits per heavy atom. The van der Waals surface area contributed by atoms with Crippen molar-refractivity contribution in [1.29, 1.82) is 0 Å². The van der Waals surface area contributed by atoms with E-state index in [1.54, 1.807) is 0 Å². The van der Waals surface area contributed by atoms with E-state index in [0.717, 1.165) is 0 Å². The average molecular weight is 134 g/mol. The van der Waals surface area contributed by atoms with Crippen molar-refractivity contribution in [2.75, 3.05) is 6.61 Å². The SMILES string of the molecule is [CH2]CC(O)(O)[C](O)CO. The largest absolute Gasteiger partial charge is 0.393 e. The van der Waals surface area contributed by atoms with Gasteiger partial charge in [-0.2, -0.15) is 0 Å². The molecule has 0 fully saturated rings. The lowest BCUT2D eigenvalue weighted by molar-refractivity contribution is -0.185. The van der Waals surface area contributed by atoms with Gasteiger partial charge in [-0.3, -0.25) is 0 Å². The van der Waals surface area contributed by atoms with Gasteiger partial charge in [0.05, 0.1) is 6.61 Å². The third-order valence-corrected chi connectivity index (χ3v) is 0.961. The van der Waals surface area contributed by atoms with E-state index in [-0.39, 0.29) is 6.42 Å². The molecule has 0 aromatic heterocycles. The zero-order valence-corrected chi connectivity index (χ0v) is 4.91. The molecule has 0 aromatic carbocycles. The van der Waals surface area contributed by atoms with Crippen LogP contribution < -0.4 is 0 Å². The van der Waals surface area contributed by atoms with E-state index >= 15 is 0 Å². The van der Waals surface area contributed by atoms with Gasteiger partial charge < -0.3 is 20.4 Å². The van der Waals surface area contributed by atoms with Crippen LogP contribution in [0.5, 0.6) is 0 Å². The number of hydrogen-bond donors (Lipinski definition) is 4. The molecular formula is C5H10O4. The van der Waals surface area contributed by atoms with E-state index in [4.69, 9.17) is 20.4 Å². The van der Waals surface area contributed by atoms with Crippen LogP contribution in [0.4, 0.5) is 0 Å². The average Bonchev–Trinajstić information content (AvgIpc) is 1.86. The van der Waals surface area contributed by atoms with Crippen molar-refractivity contribution < 1.29 is 20.4 Å². The second-order valence-corrected chi connectivity index (χ2v) is 1.67. The molecule has 0 rings (SSSR count). The van der Waals surface area contributed by atoms with Gasteiger partial charge in [0.25, 0.3) is 0 Å². The zero-order chi connectivity index (χ0) is 7.49. The van der Waals surface area contributed by atoms with E-state index in [9.17, 15) is 0 Å². The standard InChI is InChI=1S/C5H10O4/c1-2-5(8,9)4(7)3-6/h6-9H,1-3H2. The molecule has 2 radical (unpaired) electrons. The van der Waals surface area contributed by atoms with Gasteiger partial charge in [0.2, 0.25) is 0 Å². The highest BCUT2D eigenvalue weighted by Gasteiger charge is 2.31. The summed E-state index contributed by atoms with van der Waals surface area (Å²) in [4.78, 5) is 0. The maximum absolute atomic E-state index is 8.64. The van der Waals surface area contributed by atoms with Crippen molar-refractivity contribution in [1.82, 2.24) is 0 Å². The highest BCUT2D eigenvalue weighted by molar-refractivity contribution is 4.91. The van der Waals surface area contributed by atoms with Gasteiger partial charge in [-0.1, -0.05) is 0 Å².